The molecule has 0 saturated heterocycles. The van der Waals surface area contributed by atoms with Crippen LogP contribution in [0.15, 0.2) is 24.4 Å². The summed E-state index contributed by atoms with van der Waals surface area (Å²) in [6.07, 6.45) is 3.55. The lowest BCUT2D eigenvalue weighted by atomic mass is 10.4. The molecule has 4 heteroatoms. The van der Waals surface area contributed by atoms with E-state index in [1.54, 1.807) is 10.9 Å². The summed E-state index contributed by atoms with van der Waals surface area (Å²) in [6, 6.07) is 5.53. The Balaban J connectivity index is 2.94. The molecule has 0 atom stereocenters. The molecule has 56 valence electrons. The van der Waals surface area contributed by atoms with Crippen LogP contribution in [-0.4, -0.2) is 0 Å². The Morgan fingerprint density at radius 3 is 3.09 bits per heavy atom. The molecule has 0 unspecified atom stereocenters. The number of hydrogen-bond donors (Lipinski definition) is 1. The Hall–Kier alpha value is -1.27. The topological polar surface area (TPSA) is 39.7 Å². The molecule has 0 bridgehead atoms. The van der Waals surface area contributed by atoms with Crippen molar-refractivity contribution in [3.05, 3.63) is 30.1 Å². The smallest absolute Gasteiger partial charge is 0.167 e. The third kappa shape index (κ3) is 1.82. The highest BCUT2D eigenvalue weighted by atomic mass is 35.5. The number of aromatic nitrogens is 1. The standard InChI is InChI=1S/C7H7ClN3/c8-5-7-3-1-2-4-11(7)10-6-9/h1-4,10H,5H2/q+1. The maximum Gasteiger partial charge on any atom is 0.236 e. The van der Waals surface area contributed by atoms with Gasteiger partial charge in [0.2, 0.25) is 18.1 Å². The van der Waals surface area contributed by atoms with E-state index in [-0.39, 0.29) is 0 Å². The summed E-state index contributed by atoms with van der Waals surface area (Å²) in [5.74, 6) is 0.384. The van der Waals surface area contributed by atoms with E-state index >= 15 is 0 Å². The van der Waals surface area contributed by atoms with Gasteiger partial charge in [-0.3, -0.25) is 0 Å². The first-order valence-corrected chi connectivity index (χ1v) is 3.62. The number of nitrogens with zero attached hydrogens (tertiary/aromatic N) is 2. The van der Waals surface area contributed by atoms with E-state index in [0.29, 0.717) is 5.88 Å². The van der Waals surface area contributed by atoms with Crippen molar-refractivity contribution in [2.75, 3.05) is 5.43 Å². The van der Waals surface area contributed by atoms with Gasteiger partial charge in [-0.05, 0) is 6.07 Å². The summed E-state index contributed by atoms with van der Waals surface area (Å²) in [6.45, 7) is 0. The van der Waals surface area contributed by atoms with Gasteiger partial charge in [0.25, 0.3) is 0 Å². The summed E-state index contributed by atoms with van der Waals surface area (Å²) < 4.78 is 1.58. The second kappa shape index (κ2) is 3.79. The third-order valence-electron chi connectivity index (χ3n) is 1.25. The molecule has 11 heavy (non-hydrogen) atoms. The number of nitriles is 1. The van der Waals surface area contributed by atoms with E-state index in [2.05, 4.69) is 5.43 Å². The maximum absolute atomic E-state index is 8.31. The lowest BCUT2D eigenvalue weighted by Gasteiger charge is -1.93. The fraction of sp³-hybridized carbons (Fsp3) is 0.143. The fourth-order valence-corrected chi connectivity index (χ4v) is 0.968. The quantitative estimate of drug-likeness (QED) is 0.306. The van der Waals surface area contributed by atoms with Crippen molar-refractivity contribution in [1.82, 2.24) is 0 Å². The maximum atomic E-state index is 8.31. The van der Waals surface area contributed by atoms with Gasteiger partial charge in [0, 0.05) is 12.1 Å². The Morgan fingerprint density at radius 1 is 1.64 bits per heavy atom. The molecule has 0 spiro atoms. The predicted octanol–water partition coefficient (Wildman–Crippen LogP) is 0.737. The first-order valence-electron chi connectivity index (χ1n) is 3.09. The summed E-state index contributed by atoms with van der Waals surface area (Å²) in [7, 11) is 0. The number of pyridine rings is 1. The summed E-state index contributed by atoms with van der Waals surface area (Å²) in [5.41, 5.74) is 3.32. The second-order valence-electron chi connectivity index (χ2n) is 1.92. The van der Waals surface area contributed by atoms with Crippen LogP contribution in [0.2, 0.25) is 0 Å². The Kier molecular flexibility index (Phi) is 2.70. The molecular weight excluding hydrogens is 162 g/mol. The van der Waals surface area contributed by atoms with E-state index in [9.17, 15) is 0 Å². The minimum Gasteiger partial charge on any atom is -0.167 e. The van der Waals surface area contributed by atoms with E-state index in [1.807, 2.05) is 24.4 Å². The Morgan fingerprint density at radius 2 is 2.45 bits per heavy atom. The van der Waals surface area contributed by atoms with Crippen LogP contribution in [0.25, 0.3) is 0 Å². The summed E-state index contributed by atoms with van der Waals surface area (Å²) >= 11 is 5.60. The molecule has 1 heterocycles. The van der Waals surface area contributed by atoms with E-state index in [0.717, 1.165) is 5.69 Å². The largest absolute Gasteiger partial charge is 0.236 e. The number of rotatable bonds is 2. The molecule has 1 N–H and O–H groups in total. The first-order chi connectivity index (χ1) is 5.38. The molecule has 0 aliphatic heterocycles. The average molecular weight is 169 g/mol. The van der Waals surface area contributed by atoms with Gasteiger partial charge in [-0.1, -0.05) is 10.1 Å². The zero-order chi connectivity index (χ0) is 8.10. The van der Waals surface area contributed by atoms with Gasteiger partial charge in [0.1, 0.15) is 5.88 Å². The molecule has 0 amide bonds. The lowest BCUT2D eigenvalue weighted by molar-refractivity contribution is -0.649. The summed E-state index contributed by atoms with van der Waals surface area (Å²) in [5, 5.41) is 8.31. The van der Waals surface area contributed by atoms with Crippen LogP contribution in [0.1, 0.15) is 5.69 Å². The lowest BCUT2D eigenvalue weighted by Crippen LogP contribution is -2.45. The predicted molar refractivity (Wildman–Crippen MR) is 41.2 cm³/mol. The Bertz CT molecular complexity index is 279. The molecular formula is C7H7ClN3+. The molecule has 0 aliphatic rings. The molecule has 1 aromatic rings. The van der Waals surface area contributed by atoms with E-state index < -0.39 is 0 Å². The van der Waals surface area contributed by atoms with Gasteiger partial charge in [-0.25, -0.2) is 0 Å². The SMILES string of the molecule is N#CN[n+]1ccccc1CCl. The van der Waals surface area contributed by atoms with Gasteiger partial charge in [-0.15, -0.1) is 11.6 Å². The van der Waals surface area contributed by atoms with Crippen LogP contribution in [0.3, 0.4) is 0 Å². The van der Waals surface area contributed by atoms with Crippen LogP contribution in [0.5, 0.6) is 0 Å². The Labute approximate surface area is 69.8 Å². The number of nitrogens with one attached hydrogen (secondary N) is 1. The van der Waals surface area contributed by atoms with Crippen LogP contribution >= 0.6 is 11.6 Å². The van der Waals surface area contributed by atoms with Crippen molar-refractivity contribution in [2.24, 2.45) is 0 Å². The van der Waals surface area contributed by atoms with Gasteiger partial charge < -0.3 is 0 Å². The zero-order valence-corrected chi connectivity index (χ0v) is 6.54. The highest BCUT2D eigenvalue weighted by Crippen LogP contribution is 1.94. The highest BCUT2D eigenvalue weighted by Gasteiger charge is 2.05. The van der Waals surface area contributed by atoms with E-state index in [1.165, 1.54) is 0 Å². The summed E-state index contributed by atoms with van der Waals surface area (Å²) in [4.78, 5) is 0. The molecule has 1 aromatic heterocycles. The third-order valence-corrected chi connectivity index (χ3v) is 1.53. The molecule has 3 nitrogen and oxygen atoms in total. The van der Waals surface area contributed by atoms with Gasteiger partial charge in [0.05, 0.1) is 0 Å². The van der Waals surface area contributed by atoms with Crippen LogP contribution in [-0.2, 0) is 5.88 Å². The van der Waals surface area contributed by atoms with Gasteiger partial charge in [-0.2, -0.15) is 5.26 Å². The van der Waals surface area contributed by atoms with Crippen LogP contribution in [0, 0.1) is 11.5 Å². The van der Waals surface area contributed by atoms with Crippen molar-refractivity contribution >= 4 is 11.6 Å². The van der Waals surface area contributed by atoms with E-state index in [4.69, 9.17) is 16.9 Å². The highest BCUT2D eigenvalue weighted by molar-refractivity contribution is 6.16. The average Bonchev–Trinajstić information content (AvgIpc) is 2.06. The molecule has 0 radical (unpaired) electrons. The zero-order valence-electron chi connectivity index (χ0n) is 5.79. The second-order valence-corrected chi connectivity index (χ2v) is 2.19. The normalized spacial score (nSPS) is 8.73. The number of halogens is 1. The minimum absolute atomic E-state index is 0.384. The van der Waals surface area contributed by atoms with Gasteiger partial charge >= 0.3 is 0 Å². The van der Waals surface area contributed by atoms with Crippen molar-refractivity contribution in [3.63, 3.8) is 0 Å². The fourth-order valence-electron chi connectivity index (χ4n) is 0.750. The molecule has 0 aliphatic carbocycles. The van der Waals surface area contributed by atoms with Crippen LogP contribution < -0.4 is 10.1 Å². The van der Waals surface area contributed by atoms with Crippen molar-refractivity contribution < 1.29 is 4.68 Å². The number of alkyl halides is 1. The molecule has 0 saturated carbocycles. The van der Waals surface area contributed by atoms with Gasteiger partial charge in [0.15, 0.2) is 0 Å². The molecule has 1 rings (SSSR count). The minimum atomic E-state index is 0.384. The monoisotopic (exact) mass is 168 g/mol. The van der Waals surface area contributed by atoms with Crippen molar-refractivity contribution in [3.8, 4) is 6.19 Å². The molecule has 0 fully saturated rings. The first kappa shape index (κ1) is 7.83. The van der Waals surface area contributed by atoms with Crippen LogP contribution in [0.4, 0.5) is 0 Å². The number of hydrogen-bond acceptors (Lipinski definition) is 2. The van der Waals surface area contributed by atoms with Crippen molar-refractivity contribution in [2.45, 2.75) is 5.88 Å². The van der Waals surface area contributed by atoms with Crippen molar-refractivity contribution in [1.29, 1.82) is 5.26 Å². The molecule has 0 aromatic carbocycles.